The van der Waals surface area contributed by atoms with Gasteiger partial charge in [0.2, 0.25) is 0 Å². The molecule has 9 nitrogen and oxygen atoms in total. The first-order valence-electron chi connectivity index (χ1n) is 10.3. The van der Waals surface area contributed by atoms with Crippen molar-refractivity contribution in [1.82, 2.24) is 26.4 Å². The molecule has 2 aromatic carbocycles. The molecule has 0 radical (unpaired) electrons. The van der Waals surface area contributed by atoms with Gasteiger partial charge in [0, 0.05) is 30.0 Å². The molecule has 0 bridgehead atoms. The fourth-order valence-electron chi connectivity index (χ4n) is 2.86. The summed E-state index contributed by atoms with van der Waals surface area (Å²) < 4.78 is 10.3. The Balaban J connectivity index is 1.34. The Morgan fingerprint density at radius 3 is 2.56 bits per heavy atom. The van der Waals surface area contributed by atoms with Crippen molar-refractivity contribution in [3.63, 3.8) is 0 Å². The van der Waals surface area contributed by atoms with E-state index in [1.807, 2.05) is 30.3 Å². The Morgan fingerprint density at radius 2 is 1.85 bits per heavy atom. The number of benzene rings is 2. The maximum atomic E-state index is 12.9. The minimum atomic E-state index is -0.280. The molecule has 0 aliphatic rings. The van der Waals surface area contributed by atoms with Crippen molar-refractivity contribution in [3.05, 3.63) is 108 Å². The number of ether oxygens (including phenoxy) is 1. The third kappa shape index (κ3) is 6.58. The lowest BCUT2D eigenvalue weighted by atomic mass is 10.1. The molecule has 2 aromatic heterocycles. The minimum absolute atomic E-state index is 0.280. The van der Waals surface area contributed by atoms with Crippen LogP contribution in [0, 0.1) is 0 Å². The molecule has 4 rings (SSSR count). The number of nitrogens with zero attached hydrogens (tertiary/aromatic N) is 2. The van der Waals surface area contributed by atoms with Crippen LogP contribution in [0.4, 0.5) is 5.69 Å². The van der Waals surface area contributed by atoms with Crippen molar-refractivity contribution in [2.45, 2.75) is 6.54 Å². The van der Waals surface area contributed by atoms with Gasteiger partial charge in [0.25, 0.3) is 11.8 Å². The van der Waals surface area contributed by atoms with E-state index in [4.69, 9.17) is 20.9 Å². The monoisotopic (exact) mass is 476 g/mol. The van der Waals surface area contributed by atoms with E-state index in [1.54, 1.807) is 48.7 Å². The highest BCUT2D eigenvalue weighted by atomic mass is 35.5. The number of hydrogen-bond donors (Lipinski definition) is 4. The van der Waals surface area contributed by atoms with Crippen LogP contribution in [0.5, 0.6) is 11.6 Å². The van der Waals surface area contributed by atoms with Crippen molar-refractivity contribution in [2.24, 2.45) is 0 Å². The average Bonchev–Trinajstić information content (AvgIpc) is 3.38. The van der Waals surface area contributed by atoms with Crippen LogP contribution in [-0.2, 0) is 11.3 Å². The van der Waals surface area contributed by atoms with Gasteiger partial charge < -0.3 is 25.4 Å². The number of hydrazine groups is 2. The van der Waals surface area contributed by atoms with Crippen molar-refractivity contribution in [2.75, 3.05) is 5.43 Å². The zero-order valence-electron chi connectivity index (χ0n) is 17.9. The van der Waals surface area contributed by atoms with Gasteiger partial charge in [-0.3, -0.25) is 9.78 Å². The van der Waals surface area contributed by atoms with Gasteiger partial charge in [-0.25, -0.2) is 0 Å². The smallest absolute Gasteiger partial charge is 0.259 e. The number of rotatable bonds is 10. The van der Waals surface area contributed by atoms with Crippen LogP contribution in [0.2, 0.25) is 5.02 Å². The molecule has 0 unspecified atom stereocenters. The van der Waals surface area contributed by atoms with Crippen molar-refractivity contribution in [1.29, 1.82) is 0 Å². The van der Waals surface area contributed by atoms with Gasteiger partial charge in [0.1, 0.15) is 12.0 Å². The molecule has 0 aliphatic heterocycles. The maximum Gasteiger partial charge on any atom is 0.259 e. The molecule has 172 valence electrons. The second kappa shape index (κ2) is 11.5. The van der Waals surface area contributed by atoms with E-state index in [0.29, 0.717) is 34.5 Å². The molecule has 0 atom stereocenters. The Morgan fingerprint density at radius 1 is 1.03 bits per heavy atom. The number of anilines is 1. The number of nitrogens with one attached hydrogen (secondary N) is 4. The number of aromatic nitrogens is 2. The first-order valence-corrected chi connectivity index (χ1v) is 10.6. The molecule has 34 heavy (non-hydrogen) atoms. The topological polar surface area (TPSA) is 113 Å². The zero-order chi connectivity index (χ0) is 23.6. The fraction of sp³-hybridized carbons (Fsp3) is 0.0417. The summed E-state index contributed by atoms with van der Waals surface area (Å²) in [6, 6.07) is 21.4. The van der Waals surface area contributed by atoms with E-state index in [2.05, 4.69) is 31.8 Å². The van der Waals surface area contributed by atoms with Crippen LogP contribution >= 0.6 is 11.6 Å². The van der Waals surface area contributed by atoms with Crippen LogP contribution in [0.3, 0.4) is 0 Å². The van der Waals surface area contributed by atoms with Crippen LogP contribution in [0.25, 0.3) is 5.57 Å². The average molecular weight is 477 g/mol. The van der Waals surface area contributed by atoms with Gasteiger partial charge in [-0.05, 0) is 59.3 Å². The van der Waals surface area contributed by atoms with E-state index in [0.717, 1.165) is 11.3 Å². The Hall–Kier alpha value is -4.34. The van der Waals surface area contributed by atoms with Crippen LogP contribution in [0.15, 0.2) is 96.0 Å². The van der Waals surface area contributed by atoms with Crippen molar-refractivity contribution < 1.29 is 14.1 Å². The zero-order valence-corrected chi connectivity index (χ0v) is 18.6. The number of halogens is 1. The number of hydrogen-bond acceptors (Lipinski definition) is 8. The van der Waals surface area contributed by atoms with Crippen LogP contribution in [-0.4, -0.2) is 16.0 Å². The molecule has 0 saturated heterocycles. The van der Waals surface area contributed by atoms with E-state index < -0.39 is 0 Å². The summed E-state index contributed by atoms with van der Waals surface area (Å²) >= 11 is 5.92. The molecular weight excluding hydrogens is 456 g/mol. The quantitative estimate of drug-likeness (QED) is 0.152. The van der Waals surface area contributed by atoms with Gasteiger partial charge in [0.15, 0.2) is 0 Å². The summed E-state index contributed by atoms with van der Waals surface area (Å²) in [5, 5.41) is 7.24. The fourth-order valence-corrected chi connectivity index (χ4v) is 2.98. The Labute approximate surface area is 200 Å². The molecule has 2 heterocycles. The highest BCUT2D eigenvalue weighted by Gasteiger charge is 2.13. The van der Waals surface area contributed by atoms with Crippen molar-refractivity contribution in [3.8, 4) is 11.6 Å². The Bertz CT molecular complexity index is 1210. The van der Waals surface area contributed by atoms with Crippen molar-refractivity contribution >= 4 is 28.8 Å². The molecule has 0 spiro atoms. The lowest BCUT2D eigenvalue weighted by molar-refractivity contribution is -0.115. The third-order valence-electron chi connectivity index (χ3n) is 4.54. The highest BCUT2D eigenvalue weighted by Crippen LogP contribution is 2.21. The summed E-state index contributed by atoms with van der Waals surface area (Å²) in [5.41, 5.74) is 11.3. The molecule has 10 heteroatoms. The lowest BCUT2D eigenvalue weighted by Gasteiger charge is -2.12. The minimum Gasteiger partial charge on any atom is -0.436 e. The molecule has 1 amide bonds. The lowest BCUT2D eigenvalue weighted by Crippen LogP contribution is -2.34. The predicted octanol–water partition coefficient (Wildman–Crippen LogP) is 4.29. The van der Waals surface area contributed by atoms with Gasteiger partial charge in [-0.2, -0.15) is 5.53 Å². The molecule has 4 aromatic rings. The number of carbonyl (C=O) groups excluding carboxylic acids is 1. The summed E-state index contributed by atoms with van der Waals surface area (Å²) in [6.07, 6.45) is 4.60. The summed E-state index contributed by atoms with van der Waals surface area (Å²) in [7, 11) is 0. The summed E-state index contributed by atoms with van der Waals surface area (Å²) in [6.45, 7) is 0.356. The molecular formula is C24H21ClN6O3. The molecule has 0 fully saturated rings. The first kappa shape index (κ1) is 22.8. The SMILES string of the molecule is O=C(NCc1ccc(Cl)cc1)/C(=C\NNNc1ccc(Oc2ccon2)cc1)c1ccccn1. The maximum absolute atomic E-state index is 12.9. The van der Waals surface area contributed by atoms with E-state index in [9.17, 15) is 4.79 Å². The van der Waals surface area contributed by atoms with Gasteiger partial charge >= 0.3 is 0 Å². The Kier molecular flexibility index (Phi) is 7.73. The van der Waals surface area contributed by atoms with Gasteiger partial charge in [0.05, 0.1) is 17.0 Å². The summed E-state index contributed by atoms with van der Waals surface area (Å²) in [5.74, 6) is 0.710. The standard InChI is InChI=1S/C24H21ClN6O3/c25-18-6-4-17(5-7-18)15-27-24(32)21(22-3-1-2-13-26-22)16-28-31-29-19-8-10-20(11-9-19)34-23-12-14-33-30-23/h1-14,16,28-29,31H,15H2,(H,27,32)/b21-16-. The van der Waals surface area contributed by atoms with E-state index in [1.165, 1.54) is 12.5 Å². The first-order chi connectivity index (χ1) is 16.7. The van der Waals surface area contributed by atoms with Gasteiger partial charge in [-0.1, -0.05) is 29.8 Å². The number of pyridine rings is 1. The number of carbonyl (C=O) groups is 1. The van der Waals surface area contributed by atoms with E-state index >= 15 is 0 Å². The normalized spacial score (nSPS) is 11.0. The predicted molar refractivity (Wildman–Crippen MR) is 128 cm³/mol. The molecule has 0 aliphatic carbocycles. The second-order valence-corrected chi connectivity index (χ2v) is 7.38. The van der Waals surface area contributed by atoms with Crippen LogP contribution in [0.1, 0.15) is 11.3 Å². The highest BCUT2D eigenvalue weighted by molar-refractivity contribution is 6.30. The van der Waals surface area contributed by atoms with Gasteiger partial charge in [-0.15, -0.1) is 0 Å². The molecule has 0 saturated carbocycles. The largest absolute Gasteiger partial charge is 0.436 e. The van der Waals surface area contributed by atoms with Crippen LogP contribution < -0.4 is 26.4 Å². The second-order valence-electron chi connectivity index (χ2n) is 6.94. The molecule has 4 N–H and O–H groups in total. The summed E-state index contributed by atoms with van der Waals surface area (Å²) in [4.78, 5) is 17.1. The van der Waals surface area contributed by atoms with E-state index in [-0.39, 0.29) is 5.91 Å². The number of amides is 1. The third-order valence-corrected chi connectivity index (χ3v) is 4.79.